The number of aliphatic carboxylic acids is 1. The summed E-state index contributed by atoms with van der Waals surface area (Å²) in [5, 5.41) is 22.4. The second-order valence-corrected chi connectivity index (χ2v) is 4.70. The molecule has 1 saturated heterocycles. The average molecular weight is 303 g/mol. The highest BCUT2D eigenvalue weighted by molar-refractivity contribution is 5.86. The van der Waals surface area contributed by atoms with E-state index in [0.29, 0.717) is 26.3 Å². The van der Waals surface area contributed by atoms with E-state index < -0.39 is 24.1 Å². The molecule has 120 valence electrons. The van der Waals surface area contributed by atoms with Crippen molar-refractivity contribution < 1.29 is 29.3 Å². The van der Waals surface area contributed by atoms with Gasteiger partial charge in [-0.15, -0.1) is 0 Å². The maximum Gasteiger partial charge on any atom is 0.332 e. The fourth-order valence-corrected chi connectivity index (χ4v) is 1.81. The first kappa shape index (κ1) is 17.2. The summed E-state index contributed by atoms with van der Waals surface area (Å²) < 4.78 is 5.14. The summed E-state index contributed by atoms with van der Waals surface area (Å²) >= 11 is 0. The zero-order valence-electron chi connectivity index (χ0n) is 11.9. The van der Waals surface area contributed by atoms with E-state index in [0.717, 1.165) is 0 Å². The molecule has 2 unspecified atom stereocenters. The van der Waals surface area contributed by atoms with Crippen molar-refractivity contribution in [3.63, 3.8) is 0 Å². The summed E-state index contributed by atoms with van der Waals surface area (Å²) in [7, 11) is 0. The van der Waals surface area contributed by atoms with Gasteiger partial charge in [-0.1, -0.05) is 0 Å². The first-order valence-corrected chi connectivity index (χ1v) is 6.73. The standard InChI is InChI=1S/C12H21N3O6/c1-8(10(17)15-4-6-21-7-5-15)14-12(20)13-3-2-9(16)11(18)19/h8-9,16H,2-7H2,1H3,(H,18,19)(H2,13,14,20). The van der Waals surface area contributed by atoms with Crippen LogP contribution in [-0.4, -0.2) is 78.0 Å². The first-order valence-electron chi connectivity index (χ1n) is 6.73. The Morgan fingerprint density at radius 2 is 1.90 bits per heavy atom. The largest absolute Gasteiger partial charge is 0.479 e. The van der Waals surface area contributed by atoms with E-state index in [1.54, 1.807) is 11.8 Å². The molecule has 0 aromatic heterocycles. The molecule has 1 rings (SSSR count). The third kappa shape index (κ3) is 5.96. The lowest BCUT2D eigenvalue weighted by molar-refractivity contribution is -0.146. The number of nitrogens with zero attached hydrogens (tertiary/aromatic N) is 1. The quantitative estimate of drug-likeness (QED) is 0.466. The van der Waals surface area contributed by atoms with Crippen LogP contribution in [0.2, 0.25) is 0 Å². The van der Waals surface area contributed by atoms with E-state index in [9.17, 15) is 14.4 Å². The Kier molecular flexibility index (Phi) is 6.89. The van der Waals surface area contributed by atoms with Crippen LogP contribution in [0.25, 0.3) is 0 Å². The number of rotatable bonds is 6. The van der Waals surface area contributed by atoms with Gasteiger partial charge in [0, 0.05) is 26.1 Å². The average Bonchev–Trinajstić information content (AvgIpc) is 2.46. The number of carboxylic acids is 1. The van der Waals surface area contributed by atoms with Crippen molar-refractivity contribution >= 4 is 17.9 Å². The molecule has 9 nitrogen and oxygen atoms in total. The van der Waals surface area contributed by atoms with Gasteiger partial charge in [0.25, 0.3) is 0 Å². The Morgan fingerprint density at radius 1 is 1.29 bits per heavy atom. The number of ether oxygens (including phenoxy) is 1. The molecule has 0 aliphatic carbocycles. The van der Waals surface area contributed by atoms with E-state index in [1.807, 2.05) is 0 Å². The van der Waals surface area contributed by atoms with Gasteiger partial charge in [0.05, 0.1) is 13.2 Å². The maximum atomic E-state index is 12.0. The molecule has 9 heteroatoms. The molecular formula is C12H21N3O6. The van der Waals surface area contributed by atoms with Gasteiger partial charge in [0.15, 0.2) is 6.10 Å². The molecule has 21 heavy (non-hydrogen) atoms. The van der Waals surface area contributed by atoms with Crippen LogP contribution in [0.5, 0.6) is 0 Å². The van der Waals surface area contributed by atoms with Gasteiger partial charge in [0.1, 0.15) is 6.04 Å². The molecule has 0 bridgehead atoms. The van der Waals surface area contributed by atoms with E-state index in [4.69, 9.17) is 14.9 Å². The Bertz CT molecular complexity index is 383. The topological polar surface area (TPSA) is 128 Å². The van der Waals surface area contributed by atoms with Gasteiger partial charge >= 0.3 is 12.0 Å². The van der Waals surface area contributed by atoms with E-state index in [-0.39, 0.29) is 18.9 Å². The molecular weight excluding hydrogens is 282 g/mol. The second-order valence-electron chi connectivity index (χ2n) is 4.70. The molecule has 0 radical (unpaired) electrons. The number of carboxylic acid groups (broad SMARTS) is 1. The summed E-state index contributed by atoms with van der Waals surface area (Å²) in [6, 6.07) is -1.27. The molecule has 0 aromatic rings. The van der Waals surface area contributed by atoms with Crippen molar-refractivity contribution in [2.45, 2.75) is 25.5 Å². The third-order valence-electron chi connectivity index (χ3n) is 3.03. The monoisotopic (exact) mass is 303 g/mol. The molecule has 0 aromatic carbocycles. The molecule has 1 fully saturated rings. The summed E-state index contributed by atoms with van der Waals surface area (Å²) in [5.74, 6) is -1.54. The highest BCUT2D eigenvalue weighted by Gasteiger charge is 2.23. The number of aliphatic hydroxyl groups is 1. The summed E-state index contributed by atoms with van der Waals surface area (Å²) in [6.45, 7) is 3.53. The van der Waals surface area contributed by atoms with E-state index in [1.165, 1.54) is 0 Å². The fourth-order valence-electron chi connectivity index (χ4n) is 1.81. The van der Waals surface area contributed by atoms with Gasteiger partial charge in [-0.25, -0.2) is 9.59 Å². The lowest BCUT2D eigenvalue weighted by atomic mass is 10.2. The number of urea groups is 1. The third-order valence-corrected chi connectivity index (χ3v) is 3.03. The number of carbonyl (C=O) groups is 3. The predicted molar refractivity (Wildman–Crippen MR) is 71.7 cm³/mol. The number of morpholine rings is 1. The summed E-state index contributed by atoms with van der Waals surface area (Å²) in [5.41, 5.74) is 0. The van der Waals surface area contributed by atoms with E-state index in [2.05, 4.69) is 10.6 Å². The van der Waals surface area contributed by atoms with Gasteiger partial charge in [-0.3, -0.25) is 4.79 Å². The normalized spacial score (nSPS) is 17.7. The number of hydrogen-bond donors (Lipinski definition) is 4. The minimum atomic E-state index is -1.52. The molecule has 0 saturated carbocycles. The van der Waals surface area contributed by atoms with E-state index >= 15 is 0 Å². The second kappa shape index (κ2) is 8.42. The number of amides is 3. The van der Waals surface area contributed by atoms with Crippen molar-refractivity contribution in [1.82, 2.24) is 15.5 Å². The van der Waals surface area contributed by atoms with Crippen molar-refractivity contribution in [1.29, 1.82) is 0 Å². The Morgan fingerprint density at radius 3 is 2.48 bits per heavy atom. The Balaban J connectivity index is 2.26. The van der Waals surface area contributed by atoms with Crippen LogP contribution in [0.4, 0.5) is 4.79 Å². The van der Waals surface area contributed by atoms with Crippen LogP contribution < -0.4 is 10.6 Å². The fraction of sp³-hybridized carbons (Fsp3) is 0.750. The smallest absolute Gasteiger partial charge is 0.332 e. The molecule has 1 aliphatic rings. The Labute approximate surface area is 122 Å². The Hall–Kier alpha value is -1.87. The van der Waals surface area contributed by atoms with Gasteiger partial charge < -0.3 is 30.5 Å². The highest BCUT2D eigenvalue weighted by Crippen LogP contribution is 2.00. The van der Waals surface area contributed by atoms with Gasteiger partial charge in [-0.05, 0) is 6.92 Å². The number of aliphatic hydroxyl groups excluding tert-OH is 1. The highest BCUT2D eigenvalue weighted by atomic mass is 16.5. The van der Waals surface area contributed by atoms with Crippen LogP contribution in [0.15, 0.2) is 0 Å². The summed E-state index contributed by atoms with van der Waals surface area (Å²) in [4.78, 5) is 35.6. The van der Waals surface area contributed by atoms with Crippen LogP contribution >= 0.6 is 0 Å². The van der Waals surface area contributed by atoms with Crippen LogP contribution in [0, 0.1) is 0 Å². The molecule has 0 spiro atoms. The maximum absolute atomic E-state index is 12.0. The van der Waals surface area contributed by atoms with Gasteiger partial charge in [0.2, 0.25) is 5.91 Å². The van der Waals surface area contributed by atoms with Crippen molar-refractivity contribution in [3.05, 3.63) is 0 Å². The number of nitrogens with one attached hydrogen (secondary N) is 2. The zero-order valence-corrected chi connectivity index (χ0v) is 11.9. The van der Waals surface area contributed by atoms with Crippen molar-refractivity contribution in [2.75, 3.05) is 32.8 Å². The lowest BCUT2D eigenvalue weighted by Gasteiger charge is -2.29. The van der Waals surface area contributed by atoms with Crippen LogP contribution in [0.1, 0.15) is 13.3 Å². The predicted octanol–water partition coefficient (Wildman–Crippen LogP) is -1.63. The van der Waals surface area contributed by atoms with Crippen LogP contribution in [0.3, 0.4) is 0 Å². The molecule has 3 amide bonds. The molecule has 1 heterocycles. The first-order chi connectivity index (χ1) is 9.91. The SMILES string of the molecule is CC(NC(=O)NCCC(O)C(=O)O)C(=O)N1CCOCC1. The lowest BCUT2D eigenvalue weighted by Crippen LogP contribution is -2.52. The molecule has 4 N–H and O–H groups in total. The zero-order chi connectivity index (χ0) is 15.8. The minimum Gasteiger partial charge on any atom is -0.479 e. The minimum absolute atomic E-state index is 0.00222. The molecule has 1 aliphatic heterocycles. The summed E-state index contributed by atoms with van der Waals surface area (Å²) in [6.07, 6.45) is -1.62. The molecule has 2 atom stereocenters. The van der Waals surface area contributed by atoms with Crippen LogP contribution in [-0.2, 0) is 14.3 Å². The number of carbonyl (C=O) groups excluding carboxylic acids is 2. The van der Waals surface area contributed by atoms with Crippen molar-refractivity contribution in [2.24, 2.45) is 0 Å². The van der Waals surface area contributed by atoms with Crippen molar-refractivity contribution in [3.8, 4) is 0 Å². The van der Waals surface area contributed by atoms with Gasteiger partial charge in [-0.2, -0.15) is 0 Å². The number of hydrogen-bond acceptors (Lipinski definition) is 5.